The summed E-state index contributed by atoms with van der Waals surface area (Å²) in [6, 6.07) is 21.5. The van der Waals surface area contributed by atoms with Gasteiger partial charge in [0.1, 0.15) is 11.3 Å². The first-order valence-electron chi connectivity index (χ1n) is 11.4. The topological polar surface area (TPSA) is 101 Å². The molecule has 5 rings (SSSR count). The predicted molar refractivity (Wildman–Crippen MR) is 150 cm³/mol. The number of hydrogen-bond acceptors (Lipinski definition) is 7. The first-order chi connectivity index (χ1) is 18.4. The number of nitrogens with zero attached hydrogens (tertiary/aromatic N) is 3. The average Bonchev–Trinajstić information content (AvgIpc) is 3.39. The van der Waals surface area contributed by atoms with Crippen molar-refractivity contribution in [2.24, 2.45) is 0 Å². The van der Waals surface area contributed by atoms with Crippen LogP contribution in [0.5, 0.6) is 5.75 Å². The fourth-order valence-corrected chi connectivity index (χ4v) is 6.13. The summed E-state index contributed by atoms with van der Waals surface area (Å²) in [4.78, 5) is 24.4. The lowest BCUT2D eigenvalue weighted by molar-refractivity contribution is 0.0985. The lowest BCUT2D eigenvalue weighted by atomic mass is 10.1. The minimum absolute atomic E-state index is 0.121. The van der Waals surface area contributed by atoms with E-state index in [1.54, 1.807) is 74.1 Å². The highest BCUT2D eigenvalue weighted by Crippen LogP contribution is 2.39. The lowest BCUT2D eigenvalue weighted by Crippen LogP contribution is -2.30. The zero-order valence-electron chi connectivity index (χ0n) is 20.0. The zero-order chi connectivity index (χ0) is 26.7. The molecule has 1 amide bonds. The van der Waals surface area contributed by atoms with Gasteiger partial charge in [-0.3, -0.25) is 19.4 Å². The van der Waals surface area contributed by atoms with Gasteiger partial charge in [0.15, 0.2) is 5.13 Å². The van der Waals surface area contributed by atoms with Crippen LogP contribution in [-0.2, 0) is 16.6 Å². The van der Waals surface area contributed by atoms with Gasteiger partial charge in [0.2, 0.25) is 0 Å². The highest BCUT2D eigenvalue weighted by Gasteiger charge is 2.24. The molecule has 0 saturated carbocycles. The van der Waals surface area contributed by atoms with Crippen LogP contribution in [0, 0.1) is 0 Å². The van der Waals surface area contributed by atoms with E-state index in [2.05, 4.69) is 9.71 Å². The third-order valence-corrected chi connectivity index (χ3v) is 8.56. The third kappa shape index (κ3) is 5.33. The molecule has 11 heteroatoms. The first-order valence-corrected chi connectivity index (χ1v) is 14.1. The highest BCUT2D eigenvalue weighted by atomic mass is 35.5. The van der Waals surface area contributed by atoms with Crippen molar-refractivity contribution in [3.05, 3.63) is 107 Å². The fourth-order valence-electron chi connectivity index (χ4n) is 3.81. The molecule has 8 nitrogen and oxygen atoms in total. The van der Waals surface area contributed by atoms with Crippen LogP contribution in [-0.4, -0.2) is 31.4 Å². The molecular formula is C27H21ClN4O4S2. The van der Waals surface area contributed by atoms with Gasteiger partial charge in [-0.1, -0.05) is 53.3 Å². The summed E-state index contributed by atoms with van der Waals surface area (Å²) < 4.78 is 34.3. The number of amides is 1. The van der Waals surface area contributed by atoms with E-state index < -0.39 is 10.0 Å². The number of sulfonamides is 1. The van der Waals surface area contributed by atoms with Crippen LogP contribution in [0.4, 0.5) is 10.8 Å². The largest absolute Gasteiger partial charge is 0.494 e. The SMILES string of the molecule is COc1ccc(Cl)c2sc(N(Cc3cccnc3)C(=O)c3cccc(NS(=O)(=O)c4ccccc4)c3)nc12. The maximum atomic E-state index is 13.9. The van der Waals surface area contributed by atoms with Gasteiger partial charge >= 0.3 is 0 Å². The standard InChI is InChI=1S/C27H21ClN4O4S2/c1-36-23-13-12-22(28)25-24(23)30-27(37-25)32(17-18-7-6-14-29-16-18)26(33)19-8-5-9-20(15-19)31-38(34,35)21-10-3-2-4-11-21/h2-16,31H,17H2,1H3. The minimum atomic E-state index is -3.83. The van der Waals surface area contributed by atoms with Gasteiger partial charge < -0.3 is 4.74 Å². The molecule has 0 bridgehead atoms. The van der Waals surface area contributed by atoms with Crippen molar-refractivity contribution >= 4 is 59.9 Å². The molecule has 0 saturated heterocycles. The number of methoxy groups -OCH3 is 1. The maximum Gasteiger partial charge on any atom is 0.261 e. The summed E-state index contributed by atoms with van der Waals surface area (Å²) in [7, 11) is -2.28. The quantitative estimate of drug-likeness (QED) is 0.248. The summed E-state index contributed by atoms with van der Waals surface area (Å²) in [5, 5.41) is 0.908. The molecule has 2 aromatic heterocycles. The van der Waals surface area contributed by atoms with E-state index in [-0.39, 0.29) is 28.6 Å². The van der Waals surface area contributed by atoms with E-state index in [1.165, 1.54) is 34.4 Å². The lowest BCUT2D eigenvalue weighted by Gasteiger charge is -2.20. The monoisotopic (exact) mass is 564 g/mol. The van der Waals surface area contributed by atoms with Crippen molar-refractivity contribution in [1.82, 2.24) is 9.97 Å². The van der Waals surface area contributed by atoms with E-state index in [0.29, 0.717) is 26.1 Å². The van der Waals surface area contributed by atoms with Crippen molar-refractivity contribution in [1.29, 1.82) is 0 Å². The average molecular weight is 565 g/mol. The van der Waals surface area contributed by atoms with E-state index in [4.69, 9.17) is 21.3 Å². The van der Waals surface area contributed by atoms with E-state index in [9.17, 15) is 13.2 Å². The first kappa shape index (κ1) is 25.7. The van der Waals surface area contributed by atoms with Gasteiger partial charge in [-0.2, -0.15) is 0 Å². The Bertz CT molecular complexity index is 1710. The minimum Gasteiger partial charge on any atom is -0.494 e. The zero-order valence-corrected chi connectivity index (χ0v) is 22.4. The summed E-state index contributed by atoms with van der Waals surface area (Å²) in [5.41, 5.74) is 1.88. The third-order valence-electron chi connectivity index (χ3n) is 5.62. The number of rotatable bonds is 8. The van der Waals surface area contributed by atoms with Crippen LogP contribution >= 0.6 is 22.9 Å². The number of aromatic nitrogens is 2. The Balaban J connectivity index is 1.53. The van der Waals surface area contributed by atoms with Gasteiger partial charge in [-0.15, -0.1) is 0 Å². The summed E-state index contributed by atoms with van der Waals surface area (Å²) >= 11 is 7.70. The van der Waals surface area contributed by atoms with E-state index in [0.717, 1.165) is 5.56 Å². The van der Waals surface area contributed by atoms with E-state index >= 15 is 0 Å². The van der Waals surface area contributed by atoms with E-state index in [1.807, 2.05) is 6.07 Å². The number of pyridine rings is 1. The molecule has 0 aliphatic rings. The van der Waals surface area contributed by atoms with Gasteiger partial charge in [0.25, 0.3) is 15.9 Å². The molecule has 38 heavy (non-hydrogen) atoms. The Hall–Kier alpha value is -3.99. The van der Waals surface area contributed by atoms with Crippen molar-refractivity contribution in [2.45, 2.75) is 11.4 Å². The normalized spacial score (nSPS) is 11.3. The molecule has 192 valence electrons. The van der Waals surface area contributed by atoms with Gasteiger partial charge in [-0.05, 0) is 54.1 Å². The molecule has 3 aromatic carbocycles. The molecule has 0 aliphatic carbocycles. The molecule has 0 aliphatic heterocycles. The Morgan fingerprint density at radius 1 is 1.05 bits per heavy atom. The molecule has 0 atom stereocenters. The van der Waals surface area contributed by atoms with Gasteiger partial charge in [0, 0.05) is 23.6 Å². The molecule has 0 radical (unpaired) electrons. The Labute approximate surface area is 228 Å². The molecule has 0 spiro atoms. The predicted octanol–water partition coefficient (Wildman–Crippen LogP) is 6.00. The molecule has 0 fully saturated rings. The molecule has 2 heterocycles. The number of benzene rings is 3. The number of ether oxygens (including phenoxy) is 1. The molecule has 5 aromatic rings. The Morgan fingerprint density at radius 2 is 1.87 bits per heavy atom. The number of carbonyl (C=O) groups is 1. The number of hydrogen-bond donors (Lipinski definition) is 1. The number of nitrogens with one attached hydrogen (secondary N) is 1. The highest BCUT2D eigenvalue weighted by molar-refractivity contribution is 7.92. The number of anilines is 2. The summed E-state index contributed by atoms with van der Waals surface area (Å²) in [5.74, 6) is 0.168. The molecular weight excluding hydrogens is 544 g/mol. The summed E-state index contributed by atoms with van der Waals surface area (Å²) in [6.45, 7) is 0.187. The number of thiazole rings is 1. The Morgan fingerprint density at radius 3 is 2.61 bits per heavy atom. The maximum absolute atomic E-state index is 13.9. The Kier molecular flexibility index (Phi) is 7.28. The van der Waals surface area contributed by atoms with Crippen LogP contribution < -0.4 is 14.4 Å². The van der Waals surface area contributed by atoms with Crippen molar-refractivity contribution in [3.63, 3.8) is 0 Å². The van der Waals surface area contributed by atoms with Crippen LogP contribution in [0.2, 0.25) is 5.02 Å². The second-order valence-electron chi connectivity index (χ2n) is 8.18. The van der Waals surface area contributed by atoms with Crippen LogP contribution in [0.3, 0.4) is 0 Å². The fraction of sp³-hybridized carbons (Fsp3) is 0.0741. The van der Waals surface area contributed by atoms with Crippen molar-refractivity contribution < 1.29 is 17.9 Å². The number of halogens is 1. The van der Waals surface area contributed by atoms with Crippen LogP contribution in [0.1, 0.15) is 15.9 Å². The van der Waals surface area contributed by atoms with Gasteiger partial charge in [-0.25, -0.2) is 13.4 Å². The van der Waals surface area contributed by atoms with Crippen molar-refractivity contribution in [3.8, 4) is 5.75 Å². The molecule has 0 unspecified atom stereocenters. The van der Waals surface area contributed by atoms with Crippen molar-refractivity contribution in [2.75, 3.05) is 16.7 Å². The smallest absolute Gasteiger partial charge is 0.261 e. The van der Waals surface area contributed by atoms with Crippen LogP contribution in [0.25, 0.3) is 10.2 Å². The summed E-state index contributed by atoms with van der Waals surface area (Å²) in [6.07, 6.45) is 3.33. The second kappa shape index (κ2) is 10.8. The van der Waals surface area contributed by atoms with Gasteiger partial charge in [0.05, 0.1) is 28.3 Å². The number of fused-ring (bicyclic) bond motifs is 1. The van der Waals surface area contributed by atoms with Crippen LogP contribution in [0.15, 0.2) is 96.2 Å². The second-order valence-corrected chi connectivity index (χ2v) is 11.2. The number of carbonyl (C=O) groups excluding carboxylic acids is 1. The molecule has 1 N–H and O–H groups in total.